The number of hydrogen-bond acceptors (Lipinski definition) is 2. The van der Waals surface area contributed by atoms with Crippen LogP contribution < -0.4 is 10.6 Å². The lowest BCUT2D eigenvalue weighted by Crippen LogP contribution is -2.43. The third-order valence-electron chi connectivity index (χ3n) is 4.08. The van der Waals surface area contributed by atoms with Crippen molar-refractivity contribution in [2.75, 3.05) is 13.6 Å². The molecule has 0 bridgehead atoms. The highest BCUT2D eigenvalue weighted by atomic mass is 16.2. The van der Waals surface area contributed by atoms with E-state index in [9.17, 15) is 4.79 Å². The minimum absolute atomic E-state index is 0.00673. The Kier molecular flexibility index (Phi) is 15.4. The molecule has 1 atom stereocenters. The van der Waals surface area contributed by atoms with E-state index in [1.165, 1.54) is 64.2 Å². The van der Waals surface area contributed by atoms with Crippen LogP contribution in [0.5, 0.6) is 0 Å². The first-order chi connectivity index (χ1) is 10.3. The molecule has 0 saturated carbocycles. The van der Waals surface area contributed by atoms with Gasteiger partial charge < -0.3 is 10.6 Å². The number of carbonyl (C=O) groups excluding carboxylic acids is 1. The Labute approximate surface area is 132 Å². The maximum absolute atomic E-state index is 11.9. The molecule has 0 rings (SSSR count). The van der Waals surface area contributed by atoms with Gasteiger partial charge in [-0.15, -0.1) is 0 Å². The van der Waals surface area contributed by atoms with E-state index < -0.39 is 0 Å². The zero-order chi connectivity index (χ0) is 15.8. The predicted octanol–water partition coefficient (Wildman–Crippen LogP) is 4.41. The van der Waals surface area contributed by atoms with E-state index in [0.717, 1.165) is 19.4 Å². The van der Waals surface area contributed by atoms with Gasteiger partial charge in [0.2, 0.25) is 5.91 Å². The van der Waals surface area contributed by atoms with Crippen molar-refractivity contribution in [1.82, 2.24) is 10.6 Å². The average Bonchev–Trinajstić information content (AvgIpc) is 2.51. The molecule has 3 heteroatoms. The van der Waals surface area contributed by atoms with Gasteiger partial charge in [-0.05, 0) is 19.4 Å². The molecule has 0 spiro atoms. The first kappa shape index (κ1) is 20.4. The summed E-state index contributed by atoms with van der Waals surface area (Å²) in [6.07, 6.45) is 15.1. The lowest BCUT2D eigenvalue weighted by Gasteiger charge is -2.17. The zero-order valence-corrected chi connectivity index (χ0v) is 14.7. The van der Waals surface area contributed by atoms with Crippen LogP contribution in [0, 0.1) is 0 Å². The Bertz CT molecular complexity index is 231. The minimum atomic E-state index is 0.00673. The highest BCUT2D eigenvalue weighted by Crippen LogP contribution is 2.10. The fraction of sp³-hybridized carbons (Fsp3) is 0.944. The van der Waals surface area contributed by atoms with Crippen molar-refractivity contribution in [3.05, 3.63) is 0 Å². The van der Waals surface area contributed by atoms with E-state index in [2.05, 4.69) is 24.5 Å². The average molecular weight is 299 g/mol. The summed E-state index contributed by atoms with van der Waals surface area (Å²) in [5.74, 6) is 0.150. The zero-order valence-electron chi connectivity index (χ0n) is 14.7. The second-order valence-corrected chi connectivity index (χ2v) is 6.09. The third-order valence-corrected chi connectivity index (χ3v) is 4.08. The molecule has 0 aromatic rings. The Morgan fingerprint density at radius 2 is 1.33 bits per heavy atom. The van der Waals surface area contributed by atoms with Crippen molar-refractivity contribution in [3.63, 3.8) is 0 Å². The quantitative estimate of drug-likeness (QED) is 0.440. The first-order valence-electron chi connectivity index (χ1n) is 9.21. The van der Waals surface area contributed by atoms with Gasteiger partial charge in [-0.1, -0.05) is 78.1 Å². The van der Waals surface area contributed by atoms with E-state index in [4.69, 9.17) is 0 Å². The Morgan fingerprint density at radius 3 is 1.90 bits per heavy atom. The second kappa shape index (κ2) is 15.8. The van der Waals surface area contributed by atoms with Gasteiger partial charge in [-0.25, -0.2) is 0 Å². The number of likely N-dealkylation sites (N-methyl/N-ethyl adjacent to an activating group) is 1. The highest BCUT2D eigenvalue weighted by Gasteiger charge is 2.15. The van der Waals surface area contributed by atoms with Crippen LogP contribution in [0.15, 0.2) is 0 Å². The summed E-state index contributed by atoms with van der Waals surface area (Å²) < 4.78 is 0. The van der Waals surface area contributed by atoms with Crippen molar-refractivity contribution >= 4 is 5.91 Å². The molecule has 126 valence electrons. The van der Waals surface area contributed by atoms with Gasteiger partial charge in [0.15, 0.2) is 0 Å². The molecule has 0 saturated heterocycles. The fourth-order valence-electron chi connectivity index (χ4n) is 2.63. The summed E-state index contributed by atoms with van der Waals surface area (Å²) in [5, 5.41) is 6.21. The van der Waals surface area contributed by atoms with Crippen LogP contribution in [0.25, 0.3) is 0 Å². The number of carbonyl (C=O) groups is 1. The predicted molar refractivity (Wildman–Crippen MR) is 92.6 cm³/mol. The van der Waals surface area contributed by atoms with Gasteiger partial charge in [-0.3, -0.25) is 4.79 Å². The first-order valence-corrected chi connectivity index (χ1v) is 9.21. The number of hydrogen-bond donors (Lipinski definition) is 2. The molecule has 0 heterocycles. The van der Waals surface area contributed by atoms with Crippen molar-refractivity contribution in [2.24, 2.45) is 0 Å². The van der Waals surface area contributed by atoms with E-state index in [-0.39, 0.29) is 11.9 Å². The van der Waals surface area contributed by atoms with Crippen LogP contribution in [0.1, 0.15) is 90.9 Å². The molecule has 3 nitrogen and oxygen atoms in total. The molecular weight excluding hydrogens is 260 g/mol. The van der Waals surface area contributed by atoms with Crippen molar-refractivity contribution in [2.45, 2.75) is 96.9 Å². The minimum Gasteiger partial charge on any atom is -0.358 e. The van der Waals surface area contributed by atoms with E-state index in [1.54, 1.807) is 7.05 Å². The van der Waals surface area contributed by atoms with Crippen LogP contribution in [-0.4, -0.2) is 25.5 Å². The topological polar surface area (TPSA) is 41.1 Å². The van der Waals surface area contributed by atoms with E-state index >= 15 is 0 Å². The van der Waals surface area contributed by atoms with Crippen LogP contribution in [0.4, 0.5) is 0 Å². The maximum atomic E-state index is 11.9. The number of unbranched alkanes of at least 4 members (excludes halogenated alkanes) is 9. The molecule has 1 unspecified atom stereocenters. The lowest BCUT2D eigenvalue weighted by atomic mass is 10.0. The van der Waals surface area contributed by atoms with Crippen LogP contribution >= 0.6 is 0 Å². The molecule has 21 heavy (non-hydrogen) atoms. The Balaban J connectivity index is 3.68. The molecule has 0 aromatic carbocycles. The summed E-state index contributed by atoms with van der Waals surface area (Å²) in [5.41, 5.74) is 0. The van der Waals surface area contributed by atoms with Gasteiger partial charge in [0.1, 0.15) is 0 Å². The van der Waals surface area contributed by atoms with Gasteiger partial charge in [0.05, 0.1) is 6.04 Å². The van der Waals surface area contributed by atoms with Crippen molar-refractivity contribution in [3.8, 4) is 0 Å². The Hall–Kier alpha value is -0.570. The second-order valence-electron chi connectivity index (χ2n) is 6.09. The summed E-state index contributed by atoms with van der Waals surface area (Å²) in [4.78, 5) is 11.9. The van der Waals surface area contributed by atoms with Crippen molar-refractivity contribution in [1.29, 1.82) is 0 Å². The Morgan fingerprint density at radius 1 is 0.810 bits per heavy atom. The van der Waals surface area contributed by atoms with Gasteiger partial charge in [-0.2, -0.15) is 0 Å². The van der Waals surface area contributed by atoms with Crippen LogP contribution in [0.3, 0.4) is 0 Å². The van der Waals surface area contributed by atoms with E-state index in [0.29, 0.717) is 0 Å². The highest BCUT2D eigenvalue weighted by molar-refractivity contribution is 5.81. The molecule has 0 aliphatic heterocycles. The number of amides is 1. The molecule has 0 aliphatic carbocycles. The lowest BCUT2D eigenvalue weighted by molar-refractivity contribution is -0.122. The summed E-state index contributed by atoms with van der Waals surface area (Å²) in [7, 11) is 1.73. The smallest absolute Gasteiger partial charge is 0.236 e. The van der Waals surface area contributed by atoms with Gasteiger partial charge in [0, 0.05) is 7.05 Å². The van der Waals surface area contributed by atoms with E-state index in [1.807, 2.05) is 0 Å². The molecule has 0 fully saturated rings. The third kappa shape index (κ3) is 12.9. The van der Waals surface area contributed by atoms with Crippen molar-refractivity contribution < 1.29 is 4.79 Å². The number of nitrogens with one attached hydrogen (secondary N) is 2. The fourth-order valence-corrected chi connectivity index (χ4v) is 2.63. The summed E-state index contributed by atoms with van der Waals surface area (Å²) in [6.45, 7) is 5.44. The summed E-state index contributed by atoms with van der Waals surface area (Å²) >= 11 is 0. The summed E-state index contributed by atoms with van der Waals surface area (Å²) in [6, 6.07) is 0.00673. The van der Waals surface area contributed by atoms with Gasteiger partial charge in [0.25, 0.3) is 0 Å². The monoisotopic (exact) mass is 298 g/mol. The normalized spacial score (nSPS) is 12.3. The molecular formula is C18H38N2O. The van der Waals surface area contributed by atoms with Crippen LogP contribution in [0.2, 0.25) is 0 Å². The molecule has 2 N–H and O–H groups in total. The molecule has 0 aliphatic rings. The largest absolute Gasteiger partial charge is 0.358 e. The van der Waals surface area contributed by atoms with Gasteiger partial charge >= 0.3 is 0 Å². The number of rotatable bonds is 15. The SMILES string of the molecule is CCCCCCCCCC(NCCCCCC)C(=O)NC. The molecule has 0 aromatic heterocycles. The molecule has 0 radical (unpaired) electrons. The molecule has 1 amide bonds. The standard InChI is InChI=1S/C18H38N2O/c1-4-6-8-10-11-12-13-15-17(18(21)19-3)20-16-14-9-7-5-2/h17,20H,4-16H2,1-3H3,(H,19,21). The van der Waals surface area contributed by atoms with Crippen LogP contribution in [-0.2, 0) is 4.79 Å². The maximum Gasteiger partial charge on any atom is 0.236 e.